The van der Waals surface area contributed by atoms with E-state index in [0.29, 0.717) is 17.1 Å². The Labute approximate surface area is 168 Å². The summed E-state index contributed by atoms with van der Waals surface area (Å²) in [4.78, 5) is 12.4. The van der Waals surface area contributed by atoms with Gasteiger partial charge in [-0.1, -0.05) is 12.1 Å². The van der Waals surface area contributed by atoms with Gasteiger partial charge in [0, 0.05) is 12.1 Å². The smallest absolute Gasteiger partial charge is 0.240 e. The maximum absolute atomic E-state index is 12.4. The van der Waals surface area contributed by atoms with Crippen molar-refractivity contribution in [1.29, 1.82) is 0 Å². The van der Waals surface area contributed by atoms with E-state index in [0.717, 1.165) is 29.0 Å². The van der Waals surface area contributed by atoms with Crippen LogP contribution in [0.4, 0.5) is 0 Å². The van der Waals surface area contributed by atoms with Crippen LogP contribution in [0, 0.1) is 4.77 Å². The van der Waals surface area contributed by atoms with Crippen molar-refractivity contribution in [2.24, 2.45) is 0 Å². The molecule has 0 saturated heterocycles. The minimum atomic E-state index is -0.124. The number of hydrogen-bond acceptors (Lipinski definition) is 5. The Kier molecular flexibility index (Phi) is 6.44. The highest BCUT2D eigenvalue weighted by atomic mass is 32.1. The zero-order valence-corrected chi connectivity index (χ0v) is 16.6. The summed E-state index contributed by atoms with van der Waals surface area (Å²) in [5.74, 6) is 2.05. The van der Waals surface area contributed by atoms with Gasteiger partial charge in [-0.3, -0.25) is 14.5 Å². The summed E-state index contributed by atoms with van der Waals surface area (Å²) in [7, 11) is 3.25. The van der Waals surface area contributed by atoms with Crippen LogP contribution in [0.5, 0.6) is 11.5 Å². The third-order valence-corrected chi connectivity index (χ3v) is 4.61. The summed E-state index contributed by atoms with van der Waals surface area (Å²) in [6.07, 6.45) is 0.734. The molecular weight excluding hydrogens is 376 g/mol. The second-order valence-electron chi connectivity index (χ2n) is 6.12. The predicted octanol–water partition coefficient (Wildman–Crippen LogP) is 2.98. The molecule has 0 spiro atoms. The monoisotopic (exact) mass is 398 g/mol. The molecule has 0 bridgehead atoms. The molecule has 28 heavy (non-hydrogen) atoms. The Morgan fingerprint density at radius 1 is 1.07 bits per heavy atom. The van der Waals surface area contributed by atoms with Crippen LogP contribution in [0.1, 0.15) is 5.56 Å². The molecule has 0 radical (unpaired) electrons. The number of carbonyl (C=O) groups is 1. The number of methoxy groups -OCH3 is 2. The van der Waals surface area contributed by atoms with Gasteiger partial charge in [-0.2, -0.15) is 5.10 Å². The number of amides is 1. The molecule has 8 heteroatoms. The number of aromatic amines is 1. The van der Waals surface area contributed by atoms with Gasteiger partial charge in [0.2, 0.25) is 5.91 Å². The van der Waals surface area contributed by atoms with Gasteiger partial charge in [0.15, 0.2) is 10.6 Å². The number of H-pyrrole nitrogens is 1. The molecule has 2 aromatic carbocycles. The van der Waals surface area contributed by atoms with Crippen LogP contribution in [-0.2, 0) is 17.8 Å². The maximum Gasteiger partial charge on any atom is 0.240 e. The first-order valence-electron chi connectivity index (χ1n) is 8.80. The average molecular weight is 398 g/mol. The van der Waals surface area contributed by atoms with Crippen LogP contribution < -0.4 is 14.8 Å². The molecule has 0 saturated carbocycles. The number of rotatable bonds is 8. The molecule has 0 aliphatic heterocycles. The van der Waals surface area contributed by atoms with E-state index >= 15 is 0 Å². The lowest BCUT2D eigenvalue weighted by atomic mass is 10.1. The zero-order valence-electron chi connectivity index (χ0n) is 15.8. The number of nitrogens with zero attached hydrogens (tertiary/aromatic N) is 2. The predicted molar refractivity (Wildman–Crippen MR) is 109 cm³/mol. The van der Waals surface area contributed by atoms with Crippen molar-refractivity contribution in [2.75, 3.05) is 20.8 Å². The van der Waals surface area contributed by atoms with Crippen molar-refractivity contribution in [3.8, 4) is 22.9 Å². The molecule has 7 nitrogen and oxygen atoms in total. The number of nitrogens with one attached hydrogen (secondary N) is 2. The Morgan fingerprint density at radius 2 is 1.68 bits per heavy atom. The standard InChI is InChI=1S/C20H22N4O3S/c1-26-16-7-3-14(4-8-16)11-12-21-18(25)13-24-19(22-23-20(24)28)15-5-9-17(27-2)10-6-15/h3-10H,11-13H2,1-2H3,(H,21,25)(H,23,28). The molecule has 1 heterocycles. The fraction of sp³-hybridized carbons (Fsp3) is 0.250. The van der Waals surface area contributed by atoms with E-state index in [1.165, 1.54) is 0 Å². The summed E-state index contributed by atoms with van der Waals surface area (Å²) < 4.78 is 12.4. The van der Waals surface area contributed by atoms with Crippen LogP contribution in [-0.4, -0.2) is 41.4 Å². The van der Waals surface area contributed by atoms with E-state index in [2.05, 4.69) is 15.5 Å². The number of carbonyl (C=O) groups excluding carboxylic acids is 1. The molecule has 0 aliphatic rings. The van der Waals surface area contributed by atoms with Gasteiger partial charge < -0.3 is 14.8 Å². The second kappa shape index (κ2) is 9.18. The SMILES string of the molecule is COc1ccc(CCNC(=O)Cn2c(-c3ccc(OC)cc3)n[nH]c2=S)cc1. The first-order chi connectivity index (χ1) is 13.6. The topological polar surface area (TPSA) is 81.2 Å². The third kappa shape index (κ3) is 4.77. The molecule has 2 N–H and O–H groups in total. The molecule has 0 aliphatic carbocycles. The van der Waals surface area contributed by atoms with Gasteiger partial charge >= 0.3 is 0 Å². The summed E-state index contributed by atoms with van der Waals surface area (Å²) in [5, 5.41) is 9.93. The number of aromatic nitrogens is 3. The van der Waals surface area contributed by atoms with Gasteiger partial charge in [0.1, 0.15) is 18.0 Å². The summed E-state index contributed by atoms with van der Waals surface area (Å²) in [6.45, 7) is 0.632. The molecule has 146 valence electrons. The van der Waals surface area contributed by atoms with Crippen molar-refractivity contribution in [3.63, 3.8) is 0 Å². The van der Waals surface area contributed by atoms with E-state index in [1.807, 2.05) is 48.5 Å². The third-order valence-electron chi connectivity index (χ3n) is 4.30. The highest BCUT2D eigenvalue weighted by Gasteiger charge is 2.12. The molecule has 0 atom stereocenters. The second-order valence-corrected chi connectivity index (χ2v) is 6.50. The molecule has 1 amide bonds. The van der Waals surface area contributed by atoms with Crippen molar-refractivity contribution in [1.82, 2.24) is 20.1 Å². The highest BCUT2D eigenvalue weighted by molar-refractivity contribution is 7.71. The molecule has 3 rings (SSSR count). The van der Waals surface area contributed by atoms with Crippen LogP contribution >= 0.6 is 12.2 Å². The molecule has 1 aromatic heterocycles. The Hall–Kier alpha value is -3.13. The normalized spacial score (nSPS) is 10.5. The Balaban J connectivity index is 1.60. The Morgan fingerprint density at radius 3 is 2.29 bits per heavy atom. The zero-order chi connectivity index (χ0) is 19.9. The lowest BCUT2D eigenvalue weighted by molar-refractivity contribution is -0.121. The van der Waals surface area contributed by atoms with Crippen LogP contribution in [0.2, 0.25) is 0 Å². The quantitative estimate of drug-likeness (QED) is 0.570. The van der Waals surface area contributed by atoms with Gasteiger partial charge in [-0.25, -0.2) is 0 Å². The van der Waals surface area contributed by atoms with E-state index in [-0.39, 0.29) is 12.5 Å². The largest absolute Gasteiger partial charge is 0.497 e. The minimum absolute atomic E-state index is 0.0965. The summed E-state index contributed by atoms with van der Waals surface area (Å²) in [5.41, 5.74) is 1.97. The van der Waals surface area contributed by atoms with E-state index in [4.69, 9.17) is 21.7 Å². The van der Waals surface area contributed by atoms with Crippen LogP contribution in [0.25, 0.3) is 11.4 Å². The molecular formula is C20H22N4O3S. The summed E-state index contributed by atoms with van der Waals surface area (Å²) in [6, 6.07) is 15.2. The maximum atomic E-state index is 12.4. The van der Waals surface area contributed by atoms with Gasteiger partial charge in [0.05, 0.1) is 14.2 Å². The lowest BCUT2D eigenvalue weighted by Crippen LogP contribution is -2.29. The van der Waals surface area contributed by atoms with Gasteiger partial charge in [0.25, 0.3) is 0 Å². The molecule has 0 unspecified atom stereocenters. The molecule has 3 aromatic rings. The van der Waals surface area contributed by atoms with E-state index in [9.17, 15) is 4.79 Å². The number of benzene rings is 2. The highest BCUT2D eigenvalue weighted by Crippen LogP contribution is 2.20. The average Bonchev–Trinajstić information content (AvgIpc) is 3.09. The van der Waals surface area contributed by atoms with Crippen molar-refractivity contribution >= 4 is 18.1 Å². The van der Waals surface area contributed by atoms with Gasteiger partial charge in [-0.05, 0) is 60.6 Å². The fourth-order valence-electron chi connectivity index (χ4n) is 2.76. The first kappa shape index (κ1) is 19.6. The van der Waals surface area contributed by atoms with Gasteiger partial charge in [-0.15, -0.1) is 0 Å². The van der Waals surface area contributed by atoms with E-state index < -0.39 is 0 Å². The van der Waals surface area contributed by atoms with Crippen molar-refractivity contribution in [2.45, 2.75) is 13.0 Å². The lowest BCUT2D eigenvalue weighted by Gasteiger charge is -2.09. The number of hydrogen-bond donors (Lipinski definition) is 2. The van der Waals surface area contributed by atoms with Crippen LogP contribution in [0.15, 0.2) is 48.5 Å². The Bertz CT molecular complexity index is 978. The van der Waals surface area contributed by atoms with Crippen molar-refractivity contribution in [3.05, 3.63) is 58.9 Å². The van der Waals surface area contributed by atoms with Crippen LogP contribution in [0.3, 0.4) is 0 Å². The number of ether oxygens (including phenoxy) is 2. The van der Waals surface area contributed by atoms with Crippen molar-refractivity contribution < 1.29 is 14.3 Å². The molecule has 0 fully saturated rings. The van der Waals surface area contributed by atoms with E-state index in [1.54, 1.807) is 18.8 Å². The fourth-order valence-corrected chi connectivity index (χ4v) is 2.96. The summed E-state index contributed by atoms with van der Waals surface area (Å²) >= 11 is 5.28. The minimum Gasteiger partial charge on any atom is -0.497 e. The first-order valence-corrected chi connectivity index (χ1v) is 9.21.